The van der Waals surface area contributed by atoms with E-state index >= 15 is 0 Å². The van der Waals surface area contributed by atoms with Crippen molar-refractivity contribution in [2.75, 3.05) is 19.8 Å². The molecule has 1 atom stereocenters. The smallest absolute Gasteiger partial charge is 0.136 e. The predicted octanol–water partition coefficient (Wildman–Crippen LogP) is 1.34. The first-order valence-electron chi connectivity index (χ1n) is 5.16. The van der Waals surface area contributed by atoms with Crippen LogP contribution in [0.15, 0.2) is 18.2 Å². The Morgan fingerprint density at radius 2 is 2.06 bits per heavy atom. The van der Waals surface area contributed by atoms with Crippen molar-refractivity contribution in [2.24, 2.45) is 0 Å². The number of ether oxygens (including phenoxy) is 1. The molecular weight excluding hydrogens is 265 g/mol. The average Bonchev–Trinajstić information content (AvgIpc) is 2.74. The molecule has 94 valence electrons. The van der Waals surface area contributed by atoms with Gasteiger partial charge < -0.3 is 14.9 Å². The summed E-state index contributed by atoms with van der Waals surface area (Å²) < 4.78 is 5.50. The highest BCUT2D eigenvalue weighted by molar-refractivity contribution is 6.35. The molecule has 1 aromatic rings. The van der Waals surface area contributed by atoms with Crippen LogP contribution in [-0.4, -0.2) is 35.6 Å². The van der Waals surface area contributed by atoms with E-state index in [9.17, 15) is 10.2 Å². The van der Waals surface area contributed by atoms with E-state index in [4.69, 9.17) is 27.9 Å². The summed E-state index contributed by atoms with van der Waals surface area (Å²) >= 11 is 11.9. The molecule has 0 radical (unpaired) electrons. The van der Waals surface area contributed by atoms with E-state index in [1.54, 1.807) is 18.2 Å². The predicted molar refractivity (Wildman–Crippen MR) is 65.2 cm³/mol. The van der Waals surface area contributed by atoms with Gasteiger partial charge in [0.25, 0.3) is 0 Å². The Morgan fingerprint density at radius 1 is 1.35 bits per heavy atom. The number of nitrogens with one attached hydrogen (secondary N) is 1. The van der Waals surface area contributed by atoms with Crippen molar-refractivity contribution >= 4 is 23.2 Å². The van der Waals surface area contributed by atoms with E-state index in [0.29, 0.717) is 10.0 Å². The molecule has 2 rings (SSSR count). The van der Waals surface area contributed by atoms with Gasteiger partial charge in [0, 0.05) is 15.6 Å². The molecule has 0 saturated carbocycles. The lowest BCUT2D eigenvalue weighted by molar-refractivity contribution is 0.0760. The fourth-order valence-electron chi connectivity index (χ4n) is 1.72. The van der Waals surface area contributed by atoms with Gasteiger partial charge in [-0.3, -0.25) is 5.32 Å². The van der Waals surface area contributed by atoms with Gasteiger partial charge in [-0.15, -0.1) is 0 Å². The monoisotopic (exact) mass is 277 g/mol. The van der Waals surface area contributed by atoms with E-state index in [2.05, 4.69) is 5.32 Å². The van der Waals surface area contributed by atoms with Crippen molar-refractivity contribution in [2.45, 2.75) is 11.8 Å². The molecule has 0 unspecified atom stereocenters. The van der Waals surface area contributed by atoms with Crippen molar-refractivity contribution in [3.63, 3.8) is 0 Å². The van der Waals surface area contributed by atoms with Crippen LogP contribution in [-0.2, 0) is 4.74 Å². The van der Waals surface area contributed by atoms with E-state index in [1.807, 2.05) is 0 Å². The zero-order valence-electron chi connectivity index (χ0n) is 8.99. The molecule has 1 saturated heterocycles. The second-order valence-electron chi connectivity index (χ2n) is 4.10. The maximum absolute atomic E-state index is 9.24. The minimum atomic E-state index is -0.812. The summed E-state index contributed by atoms with van der Waals surface area (Å²) in [6.07, 6.45) is -0.445. The number of benzene rings is 1. The molecule has 1 fully saturated rings. The summed E-state index contributed by atoms with van der Waals surface area (Å²) in [5, 5.41) is 22.5. The number of hydrogen-bond acceptors (Lipinski definition) is 4. The first-order valence-corrected chi connectivity index (χ1v) is 5.92. The SMILES string of the molecule is OCC1(CO)CO[C@@H](c2ccc(Cl)cc2Cl)N1. The van der Waals surface area contributed by atoms with Crippen LogP contribution < -0.4 is 5.32 Å². The molecule has 3 N–H and O–H groups in total. The van der Waals surface area contributed by atoms with Crippen molar-refractivity contribution in [1.29, 1.82) is 0 Å². The topological polar surface area (TPSA) is 61.7 Å². The fourth-order valence-corrected chi connectivity index (χ4v) is 2.23. The van der Waals surface area contributed by atoms with Gasteiger partial charge >= 0.3 is 0 Å². The lowest BCUT2D eigenvalue weighted by atomic mass is 10.0. The standard InChI is InChI=1S/C11H13Cl2NO3/c12-7-1-2-8(9(13)3-7)10-14-11(4-15,5-16)6-17-10/h1-3,10,14-16H,4-6H2/t10-/m0/s1. The number of rotatable bonds is 3. The average molecular weight is 278 g/mol. The summed E-state index contributed by atoms with van der Waals surface area (Å²) in [5.41, 5.74) is -0.0759. The van der Waals surface area contributed by atoms with Crippen LogP contribution in [0.3, 0.4) is 0 Å². The molecule has 4 nitrogen and oxygen atoms in total. The summed E-state index contributed by atoms with van der Waals surface area (Å²) in [5.74, 6) is 0. The highest BCUT2D eigenvalue weighted by atomic mass is 35.5. The number of halogens is 2. The zero-order valence-corrected chi connectivity index (χ0v) is 10.5. The summed E-state index contributed by atoms with van der Waals surface area (Å²) in [6, 6.07) is 5.10. The molecular formula is C11H13Cl2NO3. The van der Waals surface area contributed by atoms with Gasteiger partial charge in [-0.25, -0.2) is 0 Å². The number of aliphatic hydroxyl groups excluding tert-OH is 2. The Morgan fingerprint density at radius 3 is 2.59 bits per heavy atom. The Hall–Kier alpha value is -0.360. The van der Waals surface area contributed by atoms with E-state index < -0.39 is 11.8 Å². The van der Waals surface area contributed by atoms with Crippen LogP contribution in [0.4, 0.5) is 0 Å². The Bertz CT molecular complexity index is 410. The van der Waals surface area contributed by atoms with E-state index in [1.165, 1.54) is 0 Å². The van der Waals surface area contributed by atoms with Crippen LogP contribution in [0.5, 0.6) is 0 Å². The van der Waals surface area contributed by atoms with Gasteiger partial charge in [0.15, 0.2) is 0 Å². The van der Waals surface area contributed by atoms with Gasteiger partial charge in [-0.2, -0.15) is 0 Å². The normalized spacial score (nSPS) is 22.9. The Labute approximate surface area is 109 Å². The summed E-state index contributed by atoms with van der Waals surface area (Å²) in [6.45, 7) is -0.181. The van der Waals surface area contributed by atoms with Crippen molar-refractivity contribution < 1.29 is 14.9 Å². The molecule has 1 heterocycles. The summed E-state index contributed by atoms with van der Waals surface area (Å²) in [4.78, 5) is 0. The number of aliphatic hydroxyl groups is 2. The maximum Gasteiger partial charge on any atom is 0.136 e. The van der Waals surface area contributed by atoms with E-state index in [0.717, 1.165) is 5.56 Å². The zero-order chi connectivity index (χ0) is 12.5. The third-order valence-electron chi connectivity index (χ3n) is 2.81. The lowest BCUT2D eigenvalue weighted by Crippen LogP contribution is -2.49. The molecule has 0 amide bonds. The largest absolute Gasteiger partial charge is 0.394 e. The van der Waals surface area contributed by atoms with Gasteiger partial charge in [0.05, 0.1) is 25.4 Å². The van der Waals surface area contributed by atoms with Gasteiger partial charge in [-0.1, -0.05) is 29.3 Å². The molecule has 0 aromatic heterocycles. The number of hydrogen-bond donors (Lipinski definition) is 3. The molecule has 6 heteroatoms. The van der Waals surface area contributed by atoms with E-state index in [-0.39, 0.29) is 19.8 Å². The minimum absolute atomic E-state index is 0.203. The van der Waals surface area contributed by atoms with Crippen molar-refractivity contribution in [3.8, 4) is 0 Å². The van der Waals surface area contributed by atoms with Gasteiger partial charge in [0.2, 0.25) is 0 Å². The van der Waals surface area contributed by atoms with Crippen LogP contribution in [0.1, 0.15) is 11.8 Å². The molecule has 1 aliphatic rings. The van der Waals surface area contributed by atoms with Crippen LogP contribution in [0, 0.1) is 0 Å². The fraction of sp³-hybridized carbons (Fsp3) is 0.455. The third-order valence-corrected chi connectivity index (χ3v) is 3.38. The highest BCUT2D eigenvalue weighted by Gasteiger charge is 2.39. The second kappa shape index (κ2) is 5.10. The minimum Gasteiger partial charge on any atom is -0.394 e. The first-order chi connectivity index (χ1) is 8.10. The van der Waals surface area contributed by atoms with Crippen LogP contribution in [0.2, 0.25) is 10.0 Å². The highest BCUT2D eigenvalue weighted by Crippen LogP contribution is 2.32. The van der Waals surface area contributed by atoms with Gasteiger partial charge in [-0.05, 0) is 12.1 Å². The summed E-state index contributed by atoms with van der Waals surface area (Å²) in [7, 11) is 0. The molecule has 17 heavy (non-hydrogen) atoms. The second-order valence-corrected chi connectivity index (χ2v) is 4.94. The lowest BCUT2D eigenvalue weighted by Gasteiger charge is -2.23. The maximum atomic E-state index is 9.24. The molecule has 1 aromatic carbocycles. The van der Waals surface area contributed by atoms with Crippen molar-refractivity contribution in [3.05, 3.63) is 33.8 Å². The van der Waals surface area contributed by atoms with Crippen LogP contribution in [0.25, 0.3) is 0 Å². The van der Waals surface area contributed by atoms with Gasteiger partial charge in [0.1, 0.15) is 6.23 Å². The molecule has 0 spiro atoms. The third kappa shape index (κ3) is 2.57. The molecule has 1 aliphatic heterocycles. The Kier molecular flexibility index (Phi) is 3.92. The molecule has 0 aliphatic carbocycles. The molecule has 0 bridgehead atoms. The van der Waals surface area contributed by atoms with Crippen LogP contribution >= 0.6 is 23.2 Å². The first kappa shape index (κ1) is 13.1. The van der Waals surface area contributed by atoms with Crippen molar-refractivity contribution in [1.82, 2.24) is 5.32 Å². The Balaban J connectivity index is 2.20. The quantitative estimate of drug-likeness (QED) is 0.780.